The van der Waals surface area contributed by atoms with Crippen molar-refractivity contribution in [3.63, 3.8) is 0 Å². The van der Waals surface area contributed by atoms with E-state index in [0.29, 0.717) is 12.1 Å². The van der Waals surface area contributed by atoms with Gasteiger partial charge in [0, 0.05) is 19.1 Å². The lowest BCUT2D eigenvalue weighted by atomic mass is 9.98. The Labute approximate surface area is 146 Å². The summed E-state index contributed by atoms with van der Waals surface area (Å²) in [6.07, 6.45) is -2.03. The minimum atomic E-state index is -4.38. The van der Waals surface area contributed by atoms with E-state index < -0.39 is 11.7 Å². The highest BCUT2D eigenvalue weighted by Crippen LogP contribution is 2.29. The van der Waals surface area contributed by atoms with Crippen LogP contribution < -0.4 is 10.6 Å². The Morgan fingerprint density at radius 2 is 1.96 bits per heavy atom. The van der Waals surface area contributed by atoms with Gasteiger partial charge in [0.15, 0.2) is 0 Å². The number of likely N-dealkylation sites (tertiary alicyclic amines) is 1. The number of amides is 2. The zero-order valence-electron chi connectivity index (χ0n) is 14.7. The highest BCUT2D eigenvalue weighted by molar-refractivity contribution is 5.73. The second kappa shape index (κ2) is 8.56. The number of hydrogen-bond acceptors (Lipinski definition) is 2. The van der Waals surface area contributed by atoms with Crippen LogP contribution in [0.15, 0.2) is 24.3 Å². The molecule has 1 atom stereocenters. The molecule has 7 heteroatoms. The summed E-state index contributed by atoms with van der Waals surface area (Å²) in [6, 6.07) is 4.86. The van der Waals surface area contributed by atoms with E-state index in [1.54, 1.807) is 6.07 Å². The van der Waals surface area contributed by atoms with Crippen LogP contribution in [0.2, 0.25) is 0 Å². The Morgan fingerprint density at radius 1 is 1.28 bits per heavy atom. The summed E-state index contributed by atoms with van der Waals surface area (Å²) in [5.74, 6) is 0.757. The number of rotatable bonds is 5. The molecule has 1 aromatic rings. The van der Waals surface area contributed by atoms with Crippen LogP contribution in [0.1, 0.15) is 37.8 Å². The summed E-state index contributed by atoms with van der Waals surface area (Å²) in [7, 11) is 0. The highest BCUT2D eigenvalue weighted by Gasteiger charge is 2.30. The normalized spacial score (nSPS) is 18.0. The van der Waals surface area contributed by atoms with Crippen LogP contribution in [0.25, 0.3) is 0 Å². The van der Waals surface area contributed by atoms with Crippen molar-refractivity contribution in [2.24, 2.45) is 5.92 Å². The molecule has 0 saturated carbocycles. The van der Waals surface area contributed by atoms with Crippen LogP contribution in [0.3, 0.4) is 0 Å². The van der Waals surface area contributed by atoms with Crippen molar-refractivity contribution in [1.29, 1.82) is 0 Å². The van der Waals surface area contributed by atoms with Crippen molar-refractivity contribution in [3.05, 3.63) is 35.4 Å². The number of carbonyl (C=O) groups is 1. The number of carbonyl (C=O) groups excluding carboxylic acids is 1. The predicted octanol–water partition coefficient (Wildman–Crippen LogP) is 3.63. The van der Waals surface area contributed by atoms with Gasteiger partial charge < -0.3 is 10.6 Å². The predicted molar refractivity (Wildman–Crippen MR) is 91.1 cm³/mol. The standard InChI is InChI=1S/C18H26F3N3O/c1-13-6-8-24(9-7-13)14(2)11-22-17(25)23-12-15-4-3-5-16(10-15)18(19,20)21/h3-5,10,13-14H,6-9,11-12H2,1-2H3,(H2,22,23,25). The summed E-state index contributed by atoms with van der Waals surface area (Å²) >= 11 is 0. The third-order valence-corrected chi connectivity index (χ3v) is 4.71. The summed E-state index contributed by atoms with van der Waals surface area (Å²) in [5.41, 5.74) is -0.289. The first-order valence-corrected chi connectivity index (χ1v) is 8.67. The molecule has 1 saturated heterocycles. The minimum Gasteiger partial charge on any atom is -0.337 e. The minimum absolute atomic E-state index is 0.0609. The molecule has 0 aromatic heterocycles. The monoisotopic (exact) mass is 357 g/mol. The second-order valence-corrected chi connectivity index (χ2v) is 6.83. The fourth-order valence-corrected chi connectivity index (χ4v) is 2.94. The maximum Gasteiger partial charge on any atom is 0.416 e. The van der Waals surface area contributed by atoms with Gasteiger partial charge in [0.05, 0.1) is 5.56 Å². The summed E-state index contributed by atoms with van der Waals surface area (Å²) in [4.78, 5) is 14.2. The first kappa shape index (κ1) is 19.6. The van der Waals surface area contributed by atoms with E-state index in [0.717, 1.165) is 31.1 Å². The van der Waals surface area contributed by atoms with Crippen LogP contribution in [-0.2, 0) is 12.7 Å². The summed E-state index contributed by atoms with van der Waals surface area (Å²) < 4.78 is 38.0. The number of piperidine rings is 1. The molecule has 0 radical (unpaired) electrons. The zero-order valence-corrected chi connectivity index (χ0v) is 14.7. The average Bonchev–Trinajstić information content (AvgIpc) is 2.58. The molecule has 140 valence electrons. The fraction of sp³-hybridized carbons (Fsp3) is 0.611. The van der Waals surface area contributed by atoms with E-state index in [9.17, 15) is 18.0 Å². The highest BCUT2D eigenvalue weighted by atomic mass is 19.4. The average molecular weight is 357 g/mol. The van der Waals surface area contributed by atoms with Crippen LogP contribution >= 0.6 is 0 Å². The number of nitrogens with zero attached hydrogens (tertiary/aromatic N) is 1. The van der Waals surface area contributed by atoms with Gasteiger partial charge in [-0.3, -0.25) is 4.90 Å². The van der Waals surface area contributed by atoms with Crippen molar-refractivity contribution in [2.75, 3.05) is 19.6 Å². The van der Waals surface area contributed by atoms with Gasteiger partial charge >= 0.3 is 12.2 Å². The third kappa shape index (κ3) is 6.23. The first-order valence-electron chi connectivity index (χ1n) is 8.67. The van der Waals surface area contributed by atoms with Crippen molar-refractivity contribution in [3.8, 4) is 0 Å². The van der Waals surface area contributed by atoms with Crippen molar-refractivity contribution < 1.29 is 18.0 Å². The van der Waals surface area contributed by atoms with E-state index in [1.807, 2.05) is 0 Å². The zero-order chi connectivity index (χ0) is 18.4. The fourth-order valence-electron chi connectivity index (χ4n) is 2.94. The number of alkyl halides is 3. The maximum atomic E-state index is 12.7. The molecule has 0 spiro atoms. The molecule has 1 aromatic carbocycles. The van der Waals surface area contributed by atoms with E-state index >= 15 is 0 Å². The van der Waals surface area contributed by atoms with E-state index in [-0.39, 0.29) is 18.6 Å². The Hall–Kier alpha value is -1.76. The largest absolute Gasteiger partial charge is 0.416 e. The molecule has 4 nitrogen and oxygen atoms in total. The first-order chi connectivity index (χ1) is 11.8. The second-order valence-electron chi connectivity index (χ2n) is 6.83. The Balaban J connectivity index is 1.74. The summed E-state index contributed by atoms with van der Waals surface area (Å²) in [5, 5.41) is 5.40. The van der Waals surface area contributed by atoms with E-state index in [4.69, 9.17) is 0 Å². The Morgan fingerprint density at radius 3 is 2.60 bits per heavy atom. The molecule has 1 aliphatic rings. The van der Waals surface area contributed by atoms with Gasteiger partial charge in [-0.25, -0.2) is 4.79 Å². The molecule has 2 amide bonds. The molecular formula is C18H26F3N3O. The third-order valence-electron chi connectivity index (χ3n) is 4.71. The number of nitrogens with one attached hydrogen (secondary N) is 2. The number of halogens is 3. The van der Waals surface area contributed by atoms with Crippen LogP contribution in [0, 0.1) is 5.92 Å². The molecule has 2 rings (SSSR count). The SMILES string of the molecule is CC1CCN(C(C)CNC(=O)NCc2cccc(C(F)(F)F)c2)CC1. The topological polar surface area (TPSA) is 44.4 Å². The van der Waals surface area contributed by atoms with Crippen molar-refractivity contribution in [2.45, 2.75) is 45.5 Å². The molecule has 25 heavy (non-hydrogen) atoms. The van der Waals surface area contributed by atoms with Gasteiger partial charge in [-0.15, -0.1) is 0 Å². The van der Waals surface area contributed by atoms with Gasteiger partial charge in [0.25, 0.3) is 0 Å². The molecule has 0 bridgehead atoms. The van der Waals surface area contributed by atoms with Crippen LogP contribution in [0.5, 0.6) is 0 Å². The van der Waals surface area contributed by atoms with Gasteiger partial charge in [-0.2, -0.15) is 13.2 Å². The van der Waals surface area contributed by atoms with Gasteiger partial charge in [-0.05, 0) is 56.5 Å². The van der Waals surface area contributed by atoms with E-state index in [1.165, 1.54) is 18.9 Å². The molecule has 2 N–H and O–H groups in total. The van der Waals surface area contributed by atoms with Crippen molar-refractivity contribution >= 4 is 6.03 Å². The quantitative estimate of drug-likeness (QED) is 0.845. The lowest BCUT2D eigenvalue weighted by Crippen LogP contribution is -2.47. The lowest BCUT2D eigenvalue weighted by molar-refractivity contribution is -0.137. The maximum absolute atomic E-state index is 12.7. The van der Waals surface area contributed by atoms with Gasteiger partial charge in [0.2, 0.25) is 0 Å². The lowest BCUT2D eigenvalue weighted by Gasteiger charge is -2.34. The van der Waals surface area contributed by atoms with Crippen LogP contribution in [-0.4, -0.2) is 36.6 Å². The van der Waals surface area contributed by atoms with Gasteiger partial charge in [0.1, 0.15) is 0 Å². The molecule has 1 heterocycles. The number of urea groups is 1. The smallest absolute Gasteiger partial charge is 0.337 e. The Bertz CT molecular complexity index is 569. The Kier molecular flexibility index (Phi) is 6.70. The molecule has 1 fully saturated rings. The number of benzene rings is 1. The molecular weight excluding hydrogens is 331 g/mol. The van der Waals surface area contributed by atoms with Gasteiger partial charge in [-0.1, -0.05) is 19.1 Å². The summed E-state index contributed by atoms with van der Waals surface area (Å²) in [6.45, 7) is 6.98. The molecule has 1 unspecified atom stereocenters. The molecule has 0 aliphatic carbocycles. The number of hydrogen-bond donors (Lipinski definition) is 2. The van der Waals surface area contributed by atoms with Crippen molar-refractivity contribution in [1.82, 2.24) is 15.5 Å². The van der Waals surface area contributed by atoms with Crippen LogP contribution in [0.4, 0.5) is 18.0 Å². The van der Waals surface area contributed by atoms with E-state index in [2.05, 4.69) is 29.4 Å². The molecule has 1 aliphatic heterocycles.